The van der Waals surface area contributed by atoms with Gasteiger partial charge in [-0.15, -0.1) is 0 Å². The van der Waals surface area contributed by atoms with E-state index in [1.807, 2.05) is 12.1 Å². The molecular weight excluding hydrogens is 957 g/mol. The average Bonchev–Trinajstić information content (AvgIpc) is 4.35. The Morgan fingerprint density at radius 2 is 0.679 bits per heavy atom. The van der Waals surface area contributed by atoms with E-state index in [1.54, 1.807) is 0 Å². The number of furan rings is 4. The topological polar surface area (TPSA) is 59.0 Å². The molecule has 0 N–H and O–H groups in total. The summed E-state index contributed by atoms with van der Waals surface area (Å²) < 4.78 is 28.1. The summed E-state index contributed by atoms with van der Waals surface area (Å²) in [7, 11) is 0. The molecule has 0 aliphatic heterocycles. The number of benzene rings is 11. The highest BCUT2D eigenvalue weighted by molar-refractivity contribution is 6.23. The molecule has 4 aromatic heterocycles. The summed E-state index contributed by atoms with van der Waals surface area (Å²) in [6, 6.07) is 69.3. The van der Waals surface area contributed by atoms with Crippen LogP contribution >= 0.6 is 0 Å². The van der Waals surface area contributed by atoms with Gasteiger partial charge in [-0.3, -0.25) is 0 Å². The zero-order valence-corrected chi connectivity index (χ0v) is 45.0. The minimum atomic E-state index is -0.319. The first-order valence-electron chi connectivity index (χ1n) is 27.1. The number of anilines is 6. The van der Waals surface area contributed by atoms with Gasteiger partial charge in [-0.1, -0.05) is 151 Å². The number of fused-ring (bicyclic) bond motifs is 14. The molecule has 78 heavy (non-hydrogen) atoms. The molecule has 0 aliphatic rings. The maximum Gasteiger partial charge on any atom is 0.159 e. The Labute approximate surface area is 451 Å². The molecule has 0 saturated heterocycles. The Morgan fingerprint density at radius 3 is 1.09 bits per heavy atom. The van der Waals surface area contributed by atoms with E-state index in [9.17, 15) is 0 Å². The summed E-state index contributed by atoms with van der Waals surface area (Å²) in [5.74, 6) is 0. The summed E-state index contributed by atoms with van der Waals surface area (Å²) in [4.78, 5) is 4.68. The molecule has 0 saturated carbocycles. The molecule has 378 valence electrons. The van der Waals surface area contributed by atoms with E-state index in [0.29, 0.717) is 0 Å². The first-order chi connectivity index (χ1) is 37.8. The monoisotopic (exact) mass is 1010 g/mol. The van der Waals surface area contributed by atoms with Gasteiger partial charge in [0, 0.05) is 77.0 Å². The number of aryl methyl sites for hydroxylation is 2. The van der Waals surface area contributed by atoms with Crippen molar-refractivity contribution >= 4 is 143 Å². The van der Waals surface area contributed by atoms with Crippen LogP contribution < -0.4 is 9.80 Å². The molecule has 0 amide bonds. The van der Waals surface area contributed by atoms with Crippen molar-refractivity contribution in [2.75, 3.05) is 9.80 Å². The summed E-state index contributed by atoms with van der Waals surface area (Å²) in [6.45, 7) is 18.1. The van der Waals surface area contributed by atoms with Crippen LogP contribution in [-0.2, 0) is 10.8 Å². The van der Waals surface area contributed by atoms with Crippen molar-refractivity contribution in [2.24, 2.45) is 0 Å². The van der Waals surface area contributed by atoms with E-state index in [4.69, 9.17) is 17.7 Å². The third-order valence-electron chi connectivity index (χ3n) is 16.2. The van der Waals surface area contributed by atoms with Crippen LogP contribution in [0, 0.1) is 13.8 Å². The highest BCUT2D eigenvalue weighted by atomic mass is 16.3. The minimum Gasteiger partial charge on any atom is -0.456 e. The van der Waals surface area contributed by atoms with Gasteiger partial charge in [-0.25, -0.2) is 0 Å². The van der Waals surface area contributed by atoms with Crippen LogP contribution in [0.25, 0.3) is 109 Å². The molecule has 0 unspecified atom stereocenters. The van der Waals surface area contributed by atoms with Crippen LogP contribution in [0.15, 0.2) is 212 Å². The largest absolute Gasteiger partial charge is 0.456 e. The standard InChI is InChI=1S/C72H56N2O4/c1-41-27-33-53-51-23-15-17-25-57(51)75-67(53)65(41)73(47-19-11-9-12-20-47)49-31-29-43-37-55-59(39-45(43)35-49)77-69-61(55)63(71(3,4)5)70-62(64(69)72(6,7)8)56-38-44-30-32-50(36-46(44)40-60(56)78-70)74(48-21-13-10-14-22-48)66-42(2)28-34-54-52-24-16-18-26-58(52)76-68(54)66/h9-40H,1-8H3. The molecule has 6 heteroatoms. The minimum absolute atomic E-state index is 0.319. The van der Waals surface area contributed by atoms with Crippen molar-refractivity contribution in [3.63, 3.8) is 0 Å². The van der Waals surface area contributed by atoms with Crippen molar-refractivity contribution in [3.8, 4) is 0 Å². The molecule has 0 fully saturated rings. The molecule has 0 atom stereocenters. The second kappa shape index (κ2) is 16.6. The maximum atomic E-state index is 7.35. The van der Waals surface area contributed by atoms with Crippen molar-refractivity contribution < 1.29 is 17.7 Å². The molecule has 4 heterocycles. The Morgan fingerprint density at radius 1 is 0.295 bits per heavy atom. The fourth-order valence-corrected chi connectivity index (χ4v) is 12.7. The van der Waals surface area contributed by atoms with Gasteiger partial charge in [0.2, 0.25) is 0 Å². The fraction of sp³-hybridized carbons (Fsp3) is 0.139. The van der Waals surface area contributed by atoms with Crippen LogP contribution in [-0.4, -0.2) is 0 Å². The van der Waals surface area contributed by atoms with Gasteiger partial charge in [0.05, 0.1) is 11.4 Å². The van der Waals surface area contributed by atoms with Gasteiger partial charge in [0.1, 0.15) is 33.5 Å². The van der Waals surface area contributed by atoms with Gasteiger partial charge >= 0.3 is 0 Å². The highest BCUT2D eigenvalue weighted by Gasteiger charge is 2.35. The first-order valence-corrected chi connectivity index (χ1v) is 27.1. The van der Waals surface area contributed by atoms with Crippen LogP contribution in [0.1, 0.15) is 63.8 Å². The van der Waals surface area contributed by atoms with E-state index >= 15 is 0 Å². The lowest BCUT2D eigenvalue weighted by Crippen LogP contribution is -2.16. The summed E-state index contributed by atoms with van der Waals surface area (Å²) in [6.07, 6.45) is 0. The van der Waals surface area contributed by atoms with E-state index in [2.05, 4.69) is 247 Å². The number of hydrogen-bond acceptors (Lipinski definition) is 6. The Balaban J connectivity index is 0.927. The molecule has 6 nitrogen and oxygen atoms in total. The van der Waals surface area contributed by atoms with Crippen LogP contribution in [0.4, 0.5) is 34.1 Å². The van der Waals surface area contributed by atoms with E-state index in [0.717, 1.165) is 166 Å². The molecule has 0 aliphatic carbocycles. The van der Waals surface area contributed by atoms with E-state index in [-0.39, 0.29) is 10.8 Å². The summed E-state index contributed by atoms with van der Waals surface area (Å²) in [5.41, 5.74) is 17.1. The molecule has 0 spiro atoms. The zero-order chi connectivity index (χ0) is 52.9. The van der Waals surface area contributed by atoms with E-state index < -0.39 is 0 Å². The van der Waals surface area contributed by atoms with Gasteiger partial charge in [-0.2, -0.15) is 0 Å². The molecule has 15 rings (SSSR count). The molecule has 0 radical (unpaired) electrons. The summed E-state index contributed by atoms with van der Waals surface area (Å²) >= 11 is 0. The quantitative estimate of drug-likeness (QED) is 0.165. The van der Waals surface area contributed by atoms with Crippen molar-refractivity contribution in [3.05, 3.63) is 216 Å². The predicted octanol–water partition coefficient (Wildman–Crippen LogP) is 21.7. The lowest BCUT2D eigenvalue weighted by molar-refractivity contribution is 0.564. The van der Waals surface area contributed by atoms with Gasteiger partial charge in [-0.05, 0) is 142 Å². The number of nitrogens with zero attached hydrogens (tertiary/aromatic N) is 2. The van der Waals surface area contributed by atoms with Gasteiger partial charge in [0.25, 0.3) is 0 Å². The van der Waals surface area contributed by atoms with Gasteiger partial charge in [0.15, 0.2) is 11.2 Å². The van der Waals surface area contributed by atoms with Crippen molar-refractivity contribution in [2.45, 2.75) is 66.2 Å². The number of rotatable bonds is 6. The zero-order valence-electron chi connectivity index (χ0n) is 45.0. The van der Waals surface area contributed by atoms with Crippen LogP contribution in [0.5, 0.6) is 0 Å². The molecule has 11 aromatic carbocycles. The van der Waals surface area contributed by atoms with Gasteiger partial charge < -0.3 is 27.5 Å². The number of hydrogen-bond donors (Lipinski definition) is 0. The third-order valence-corrected chi connectivity index (χ3v) is 16.2. The van der Waals surface area contributed by atoms with Crippen LogP contribution in [0.2, 0.25) is 0 Å². The lowest BCUT2D eigenvalue weighted by atomic mass is 9.77. The number of para-hydroxylation sites is 4. The maximum absolute atomic E-state index is 7.35. The second-order valence-electron chi connectivity index (χ2n) is 23.4. The van der Waals surface area contributed by atoms with Crippen molar-refractivity contribution in [1.82, 2.24) is 0 Å². The predicted molar refractivity (Wildman–Crippen MR) is 327 cm³/mol. The summed E-state index contributed by atoms with van der Waals surface area (Å²) in [5, 5.41) is 13.2. The van der Waals surface area contributed by atoms with E-state index in [1.165, 1.54) is 0 Å². The molecule has 15 aromatic rings. The third kappa shape index (κ3) is 6.88. The Hall–Kier alpha value is -9.26. The SMILES string of the molecule is Cc1ccc2c(oc3ccccc32)c1N(c1ccccc1)c1ccc2cc3c(cc2c1)oc1c(C(C)(C)C)c2c(oc4cc5cc(N(c6ccccc6)c6c(C)ccc7c6oc6ccccc67)ccc5cc42)c(C(C)(C)C)c13. The Kier molecular flexibility index (Phi) is 9.82. The Bertz CT molecular complexity index is 4650. The molecule has 0 bridgehead atoms. The van der Waals surface area contributed by atoms with Crippen LogP contribution in [0.3, 0.4) is 0 Å². The highest BCUT2D eigenvalue weighted by Crippen LogP contribution is 2.53. The van der Waals surface area contributed by atoms with Crippen molar-refractivity contribution in [1.29, 1.82) is 0 Å². The second-order valence-corrected chi connectivity index (χ2v) is 23.4. The first kappa shape index (κ1) is 46.1. The fourth-order valence-electron chi connectivity index (χ4n) is 12.7. The smallest absolute Gasteiger partial charge is 0.159 e. The normalized spacial score (nSPS) is 12.6. The molecular formula is C72H56N2O4. The lowest BCUT2D eigenvalue weighted by Gasteiger charge is -2.27. The average molecular weight is 1010 g/mol.